The van der Waals surface area contributed by atoms with Crippen LogP contribution in [-0.2, 0) is 19.9 Å². The van der Waals surface area contributed by atoms with Crippen molar-refractivity contribution >= 4 is 18.0 Å². The van der Waals surface area contributed by atoms with Crippen molar-refractivity contribution in [3.8, 4) is 0 Å². The first-order valence-electron chi connectivity index (χ1n) is 17.1. The summed E-state index contributed by atoms with van der Waals surface area (Å²) >= 11 is 0. The van der Waals surface area contributed by atoms with E-state index in [1.165, 1.54) is 24.8 Å². The van der Waals surface area contributed by atoms with Gasteiger partial charge in [-0.1, -0.05) is 83.4 Å². The molecule has 0 aliphatic heterocycles. The van der Waals surface area contributed by atoms with Crippen molar-refractivity contribution in [1.82, 2.24) is 15.1 Å². The van der Waals surface area contributed by atoms with Crippen molar-refractivity contribution in [3.63, 3.8) is 0 Å². The molecule has 2 aliphatic carbocycles. The Labute approximate surface area is 273 Å². The van der Waals surface area contributed by atoms with Crippen LogP contribution in [0.5, 0.6) is 0 Å². The maximum atomic E-state index is 14.2. The monoisotopic (exact) mass is 620 g/mol. The van der Waals surface area contributed by atoms with E-state index >= 15 is 0 Å². The van der Waals surface area contributed by atoms with Crippen LogP contribution in [0.4, 0.5) is 0 Å². The zero-order valence-corrected chi connectivity index (χ0v) is 29.6. The molecule has 0 spiro atoms. The molecule has 250 valence electrons. The number of methoxy groups -OCH3 is 1. The molecular formula is C38H60N4O3. The van der Waals surface area contributed by atoms with Crippen molar-refractivity contribution in [2.75, 3.05) is 34.3 Å². The fourth-order valence-corrected chi connectivity index (χ4v) is 7.00. The number of carbonyl (C=O) groups excluding carboxylic acids is 2. The molecule has 1 aromatic carbocycles. The summed E-state index contributed by atoms with van der Waals surface area (Å²) in [4.78, 5) is 36.4. The number of nitrogens with one attached hydrogen (secondary N) is 1. The van der Waals surface area contributed by atoms with Gasteiger partial charge in [0.25, 0.3) is 0 Å². The third-order valence-electron chi connectivity index (χ3n) is 10.8. The van der Waals surface area contributed by atoms with Crippen LogP contribution in [0.15, 0.2) is 58.6 Å². The van der Waals surface area contributed by atoms with E-state index in [1.807, 2.05) is 24.8 Å². The Bertz CT molecular complexity index is 1210. The van der Waals surface area contributed by atoms with Crippen LogP contribution in [-0.4, -0.2) is 62.1 Å². The van der Waals surface area contributed by atoms with E-state index in [9.17, 15) is 9.59 Å². The third-order valence-corrected chi connectivity index (χ3v) is 10.8. The number of nitrogens with zero attached hydrogens (tertiary/aromatic N) is 3. The topological polar surface area (TPSA) is 74.2 Å². The second-order valence-corrected chi connectivity index (χ2v) is 14.3. The van der Waals surface area contributed by atoms with Crippen LogP contribution < -0.4 is 5.32 Å². The molecule has 2 unspecified atom stereocenters. The number of ether oxygens (including phenoxy) is 1. The standard InChI is InChI=1S/C38H60N4O3/c1-10-28(3)35(45-9)39-25-33(11-2)40-34(43)26-42(36(44)30(5)29(4)24-31-16-15-17-31)27-37(6)20-22-38(23-21-37,41(7)8)32-18-13-12-14-19-32/h11-14,18-19,25,29-31H,10,15-17,20-24,26-27H2,1-9H3,(H,40,43)/b33-11+,35-28-,39-25-/t29?,30?,37-,38-. The second-order valence-electron chi connectivity index (χ2n) is 14.3. The van der Waals surface area contributed by atoms with Crippen molar-refractivity contribution in [2.45, 2.75) is 105 Å². The molecule has 3 rings (SSSR count). The highest BCUT2D eigenvalue weighted by Gasteiger charge is 2.44. The lowest BCUT2D eigenvalue weighted by atomic mass is 9.65. The van der Waals surface area contributed by atoms with Crippen molar-refractivity contribution in [1.29, 1.82) is 0 Å². The predicted octanol–water partition coefficient (Wildman–Crippen LogP) is 7.69. The summed E-state index contributed by atoms with van der Waals surface area (Å²) in [6.07, 6.45) is 13.2. The first-order valence-corrected chi connectivity index (χ1v) is 17.1. The van der Waals surface area contributed by atoms with Crippen LogP contribution in [0.3, 0.4) is 0 Å². The largest absolute Gasteiger partial charge is 0.481 e. The minimum Gasteiger partial charge on any atom is -0.481 e. The number of rotatable bonds is 15. The van der Waals surface area contributed by atoms with Gasteiger partial charge in [0.1, 0.15) is 0 Å². The molecule has 1 N–H and O–H groups in total. The number of aliphatic imine (C=N–C) groups is 1. The molecule has 0 saturated heterocycles. The van der Waals surface area contributed by atoms with E-state index < -0.39 is 0 Å². The van der Waals surface area contributed by atoms with Gasteiger partial charge >= 0.3 is 0 Å². The fourth-order valence-electron chi connectivity index (χ4n) is 7.00. The maximum Gasteiger partial charge on any atom is 0.244 e. The lowest BCUT2D eigenvalue weighted by molar-refractivity contribution is -0.142. The molecule has 45 heavy (non-hydrogen) atoms. The van der Waals surface area contributed by atoms with Gasteiger partial charge in [0, 0.05) is 18.0 Å². The number of allylic oxidation sites excluding steroid dienone is 3. The molecule has 2 amide bonds. The molecule has 7 heteroatoms. The lowest BCUT2D eigenvalue weighted by Gasteiger charge is -2.50. The van der Waals surface area contributed by atoms with Crippen LogP contribution in [0, 0.1) is 23.2 Å². The number of hydrogen-bond donors (Lipinski definition) is 1. The van der Waals surface area contributed by atoms with E-state index in [0.717, 1.165) is 50.0 Å². The van der Waals surface area contributed by atoms with E-state index in [4.69, 9.17) is 4.74 Å². The van der Waals surface area contributed by atoms with E-state index in [1.54, 1.807) is 13.3 Å². The summed E-state index contributed by atoms with van der Waals surface area (Å²) in [6.45, 7) is 13.1. The fraction of sp³-hybridized carbons (Fsp3) is 0.658. The van der Waals surface area contributed by atoms with Gasteiger partial charge in [0.05, 0.1) is 25.6 Å². The predicted molar refractivity (Wildman–Crippen MR) is 186 cm³/mol. The van der Waals surface area contributed by atoms with E-state index in [-0.39, 0.29) is 41.1 Å². The SMILES string of the molecule is C\C=C(/C=N\C(OC)=C(/C)CC)NC(=O)CN(C[C@]1(C)CC[C@@](c2ccccc2)(N(C)C)CC1)C(=O)C(C)C(C)CC1CCC1. The van der Waals surface area contributed by atoms with Crippen molar-refractivity contribution < 1.29 is 14.3 Å². The zero-order chi connectivity index (χ0) is 33.2. The number of carbonyl (C=O) groups is 2. The molecule has 0 aromatic heterocycles. The second kappa shape index (κ2) is 16.6. The van der Waals surface area contributed by atoms with Crippen molar-refractivity contribution in [2.24, 2.45) is 28.2 Å². The minimum absolute atomic E-state index is 0.0245. The van der Waals surface area contributed by atoms with E-state index in [2.05, 4.69) is 87.3 Å². The van der Waals surface area contributed by atoms with Gasteiger partial charge in [0.15, 0.2) is 0 Å². The lowest BCUT2D eigenvalue weighted by Crippen LogP contribution is -2.52. The van der Waals surface area contributed by atoms with Gasteiger partial charge in [0.2, 0.25) is 17.7 Å². The highest BCUT2D eigenvalue weighted by atomic mass is 16.5. The minimum atomic E-state index is -0.205. The normalized spacial score (nSPS) is 24.5. The molecule has 2 aliphatic rings. The quantitative estimate of drug-likeness (QED) is 0.161. The Balaban J connectivity index is 1.78. The van der Waals surface area contributed by atoms with Gasteiger partial charge in [-0.3, -0.25) is 14.5 Å². The molecule has 0 radical (unpaired) electrons. The Hall–Kier alpha value is -2.93. The first kappa shape index (κ1) is 36.5. The van der Waals surface area contributed by atoms with Gasteiger partial charge in [-0.25, -0.2) is 4.99 Å². The summed E-state index contributed by atoms with van der Waals surface area (Å²) in [6, 6.07) is 10.8. The number of amides is 2. The molecular weight excluding hydrogens is 560 g/mol. The zero-order valence-electron chi connectivity index (χ0n) is 29.6. The number of benzene rings is 1. The third kappa shape index (κ3) is 9.54. The molecule has 0 bridgehead atoms. The highest BCUT2D eigenvalue weighted by Crippen LogP contribution is 2.48. The maximum absolute atomic E-state index is 14.2. The molecule has 1 aromatic rings. The average Bonchev–Trinajstić information content (AvgIpc) is 3.01. The summed E-state index contributed by atoms with van der Waals surface area (Å²) in [5, 5.41) is 3.00. The van der Waals surface area contributed by atoms with Gasteiger partial charge < -0.3 is 15.0 Å². The molecule has 2 fully saturated rings. The van der Waals surface area contributed by atoms with Gasteiger partial charge in [-0.05, 0) is 94.9 Å². The van der Waals surface area contributed by atoms with Crippen LogP contribution in [0.2, 0.25) is 0 Å². The van der Waals surface area contributed by atoms with Crippen LogP contribution >= 0.6 is 0 Å². The van der Waals surface area contributed by atoms with Crippen LogP contribution in [0.25, 0.3) is 0 Å². The highest BCUT2D eigenvalue weighted by molar-refractivity contribution is 5.91. The Morgan fingerprint density at radius 1 is 1.11 bits per heavy atom. The first-order chi connectivity index (χ1) is 21.4. The Kier molecular flexibility index (Phi) is 13.5. The van der Waals surface area contributed by atoms with E-state index in [0.29, 0.717) is 18.1 Å². The molecule has 0 heterocycles. The van der Waals surface area contributed by atoms with Crippen LogP contribution in [0.1, 0.15) is 105 Å². The Morgan fingerprint density at radius 2 is 1.76 bits per heavy atom. The summed E-state index contributed by atoms with van der Waals surface area (Å²) < 4.78 is 5.43. The average molecular weight is 621 g/mol. The number of hydrogen-bond acceptors (Lipinski definition) is 5. The summed E-state index contributed by atoms with van der Waals surface area (Å²) in [5.74, 6) is 1.31. The Morgan fingerprint density at radius 3 is 2.27 bits per heavy atom. The van der Waals surface area contributed by atoms with Crippen molar-refractivity contribution in [3.05, 3.63) is 59.1 Å². The van der Waals surface area contributed by atoms with Gasteiger partial charge in [-0.15, -0.1) is 0 Å². The molecule has 7 nitrogen and oxygen atoms in total. The summed E-state index contributed by atoms with van der Waals surface area (Å²) in [5.41, 5.74) is 2.86. The van der Waals surface area contributed by atoms with Gasteiger partial charge in [-0.2, -0.15) is 0 Å². The molecule has 2 atom stereocenters. The summed E-state index contributed by atoms with van der Waals surface area (Å²) in [7, 11) is 5.96. The molecule has 2 saturated carbocycles. The smallest absolute Gasteiger partial charge is 0.244 e.